The second kappa shape index (κ2) is 0.707. The quantitative estimate of drug-likeness (QED) is 0.436. The minimum absolute atomic E-state index is 0.0231. The van der Waals surface area contributed by atoms with Gasteiger partial charge in [-0.25, -0.2) is 0 Å². The Hall–Kier alpha value is -1.06. The molecule has 0 aromatic rings. The number of oxime groups is 1. The maximum atomic E-state index is 9.73. The third-order valence-corrected chi connectivity index (χ3v) is 0.393. The lowest BCUT2D eigenvalue weighted by Gasteiger charge is -1.64. The second-order valence-electron chi connectivity index (χ2n) is 0.852. The summed E-state index contributed by atoms with van der Waals surface area (Å²) >= 11 is 0. The molecule has 2 N–H and O–H groups in total. The van der Waals surface area contributed by atoms with Crippen LogP contribution in [0, 0.1) is 0 Å². The highest BCUT2D eigenvalue weighted by Gasteiger charge is 2.19. The van der Waals surface area contributed by atoms with Crippen molar-refractivity contribution in [3.05, 3.63) is 0 Å². The number of hydrogen-bond acceptors (Lipinski definition) is 3. The Bertz CT molecular complexity index is 117. The Morgan fingerprint density at radius 2 is 2.50 bits per heavy atom. The molecule has 0 radical (unpaired) electrons. The number of primary amides is 1. The lowest BCUT2D eigenvalue weighted by Crippen LogP contribution is -2.15. The van der Waals surface area contributed by atoms with Crippen LogP contribution in [-0.2, 0) is 9.63 Å². The first-order valence-electron chi connectivity index (χ1n) is 1.35. The molecule has 6 heavy (non-hydrogen) atoms. The van der Waals surface area contributed by atoms with E-state index in [0.29, 0.717) is 0 Å². The minimum Gasteiger partial charge on any atom is -0.361 e. The summed E-state index contributed by atoms with van der Waals surface area (Å²) in [6, 6.07) is 0. The average molecular weight is 86.0 g/mol. The van der Waals surface area contributed by atoms with E-state index >= 15 is 0 Å². The van der Waals surface area contributed by atoms with Crippen molar-refractivity contribution < 1.29 is 9.63 Å². The summed E-state index contributed by atoms with van der Waals surface area (Å²) in [5.41, 5.74) is 4.60. The van der Waals surface area contributed by atoms with Gasteiger partial charge in [-0.2, -0.15) is 0 Å². The number of amides is 1. The van der Waals surface area contributed by atoms with Gasteiger partial charge in [-0.1, -0.05) is 0 Å². The van der Waals surface area contributed by atoms with E-state index in [2.05, 4.69) is 15.7 Å². The van der Waals surface area contributed by atoms with Crippen LogP contribution < -0.4 is 5.73 Å². The molecule has 1 aliphatic rings. The van der Waals surface area contributed by atoms with Crippen LogP contribution in [0.2, 0.25) is 0 Å². The number of nitrogens with two attached hydrogens (primary N) is 1. The Balaban J connectivity index is 2.52. The van der Waals surface area contributed by atoms with E-state index in [9.17, 15) is 4.79 Å². The van der Waals surface area contributed by atoms with Crippen molar-refractivity contribution in [2.24, 2.45) is 10.9 Å². The normalized spacial score (nSPS) is 15.0. The predicted molar refractivity (Wildman–Crippen MR) is 17.7 cm³/mol. The first-order chi connectivity index (χ1) is 2.80. The van der Waals surface area contributed by atoms with Gasteiger partial charge in [-0.3, -0.25) is 4.79 Å². The summed E-state index contributed by atoms with van der Waals surface area (Å²) in [5, 5.41) is 3.04. The van der Waals surface area contributed by atoms with Crippen LogP contribution in [0.15, 0.2) is 5.16 Å². The van der Waals surface area contributed by atoms with Gasteiger partial charge in [0, 0.05) is 0 Å². The largest absolute Gasteiger partial charge is 0.361 e. The van der Waals surface area contributed by atoms with Crippen molar-refractivity contribution in [3.8, 4) is 0 Å². The summed E-state index contributed by atoms with van der Waals surface area (Å²) in [4.78, 5) is 13.8. The van der Waals surface area contributed by atoms with E-state index < -0.39 is 5.91 Å². The van der Waals surface area contributed by atoms with Crippen LogP contribution in [0.25, 0.3) is 0 Å². The highest BCUT2D eigenvalue weighted by molar-refractivity contribution is 6.37. The molecular weight excluding hydrogens is 84.0 g/mol. The van der Waals surface area contributed by atoms with Crippen LogP contribution in [-0.4, -0.2) is 11.8 Å². The lowest BCUT2D eigenvalue weighted by atomic mass is 10.7. The van der Waals surface area contributed by atoms with E-state index in [0.717, 1.165) is 0 Å². The highest BCUT2D eigenvalue weighted by Crippen LogP contribution is 1.95. The van der Waals surface area contributed by atoms with Gasteiger partial charge in [0.25, 0.3) is 0 Å². The standard InChI is InChI=1S/C2H2N2O2/c3-1(5)2-4-6-2/h(H2,3,5). The molecule has 0 unspecified atom stereocenters. The molecule has 0 saturated heterocycles. The average Bonchev–Trinajstić information content (AvgIpc) is 2.06. The predicted octanol–water partition coefficient (Wildman–Crippen LogP) is -1.18. The molecule has 1 heterocycles. The molecule has 1 rings (SSSR count). The van der Waals surface area contributed by atoms with Gasteiger partial charge in [-0.15, -0.1) is 0 Å². The van der Waals surface area contributed by atoms with E-state index in [4.69, 9.17) is 0 Å². The van der Waals surface area contributed by atoms with Crippen LogP contribution in [0.5, 0.6) is 0 Å². The molecular formula is C2H2N2O2. The first kappa shape index (κ1) is 3.14. The van der Waals surface area contributed by atoms with Gasteiger partial charge in [0.2, 0.25) is 0 Å². The fourth-order valence-corrected chi connectivity index (χ4v) is 0.113. The van der Waals surface area contributed by atoms with Crippen LogP contribution in [0.1, 0.15) is 0 Å². The summed E-state index contributed by atoms with van der Waals surface area (Å²) < 4.78 is 0. The zero-order valence-corrected chi connectivity index (χ0v) is 2.84. The Morgan fingerprint density at radius 1 is 2.00 bits per heavy atom. The van der Waals surface area contributed by atoms with E-state index in [1.54, 1.807) is 0 Å². The minimum atomic E-state index is -0.602. The number of nitrogens with zero attached hydrogens (tertiary/aromatic N) is 1. The van der Waals surface area contributed by atoms with Crippen LogP contribution >= 0.6 is 0 Å². The maximum Gasteiger partial charge on any atom is 0.348 e. The van der Waals surface area contributed by atoms with Crippen LogP contribution in [0.3, 0.4) is 0 Å². The van der Waals surface area contributed by atoms with E-state index in [1.165, 1.54) is 0 Å². The smallest absolute Gasteiger partial charge is 0.348 e. The molecule has 0 aliphatic carbocycles. The van der Waals surface area contributed by atoms with Crippen molar-refractivity contribution in [2.45, 2.75) is 0 Å². The summed E-state index contributed by atoms with van der Waals surface area (Å²) in [5.74, 6) is -0.579. The molecule has 0 bridgehead atoms. The number of carbonyl (C=O) groups excluding carboxylic acids is 1. The molecule has 0 aromatic heterocycles. The van der Waals surface area contributed by atoms with Crippen molar-refractivity contribution in [1.82, 2.24) is 0 Å². The van der Waals surface area contributed by atoms with Gasteiger partial charge in [-0.05, 0) is 5.16 Å². The summed E-state index contributed by atoms with van der Waals surface area (Å²) in [6.07, 6.45) is 0. The van der Waals surface area contributed by atoms with Gasteiger partial charge in [0.05, 0.1) is 0 Å². The van der Waals surface area contributed by atoms with Crippen molar-refractivity contribution in [2.75, 3.05) is 0 Å². The second-order valence-corrected chi connectivity index (χ2v) is 0.852. The van der Waals surface area contributed by atoms with Crippen molar-refractivity contribution in [1.29, 1.82) is 0 Å². The highest BCUT2D eigenvalue weighted by atomic mass is 16.7. The Labute approximate surface area is 33.6 Å². The molecule has 1 aliphatic heterocycles. The van der Waals surface area contributed by atoms with Crippen LogP contribution in [0.4, 0.5) is 0 Å². The monoisotopic (exact) mass is 86.0 g/mol. The topological polar surface area (TPSA) is 68.0 Å². The molecule has 0 aromatic carbocycles. The summed E-state index contributed by atoms with van der Waals surface area (Å²) in [6.45, 7) is 0. The maximum absolute atomic E-state index is 9.73. The molecule has 4 heteroatoms. The molecule has 4 nitrogen and oxygen atoms in total. The molecule has 0 fully saturated rings. The van der Waals surface area contributed by atoms with E-state index in [-0.39, 0.29) is 5.90 Å². The number of rotatable bonds is 1. The first-order valence-corrected chi connectivity index (χ1v) is 1.35. The molecule has 1 amide bonds. The van der Waals surface area contributed by atoms with Gasteiger partial charge in [0.15, 0.2) is 0 Å². The van der Waals surface area contributed by atoms with E-state index in [1.807, 2.05) is 0 Å². The van der Waals surface area contributed by atoms with Crippen molar-refractivity contribution >= 4 is 11.8 Å². The SMILES string of the molecule is NC(=O)C1=NO1. The van der Waals surface area contributed by atoms with Crippen molar-refractivity contribution in [3.63, 3.8) is 0 Å². The number of carbonyl (C=O) groups is 1. The molecule has 32 valence electrons. The fourth-order valence-electron chi connectivity index (χ4n) is 0.113. The number of hydrogen-bond donors (Lipinski definition) is 1. The summed E-state index contributed by atoms with van der Waals surface area (Å²) in [7, 11) is 0. The Kier molecular flexibility index (Phi) is 0.370. The van der Waals surface area contributed by atoms with Gasteiger partial charge < -0.3 is 10.6 Å². The third kappa shape index (κ3) is 0.314. The molecule has 0 spiro atoms. The lowest BCUT2D eigenvalue weighted by molar-refractivity contribution is -0.112. The fraction of sp³-hybridized carbons (Fsp3) is 0. The molecule has 0 saturated carbocycles. The van der Waals surface area contributed by atoms with Gasteiger partial charge >= 0.3 is 11.8 Å². The zero-order valence-electron chi connectivity index (χ0n) is 2.84. The Morgan fingerprint density at radius 3 is 2.50 bits per heavy atom. The zero-order chi connectivity index (χ0) is 4.57. The third-order valence-electron chi connectivity index (χ3n) is 0.393. The van der Waals surface area contributed by atoms with Gasteiger partial charge in [0.1, 0.15) is 0 Å². The molecule has 0 atom stereocenters.